The Hall–Kier alpha value is -3.29. The zero-order chi connectivity index (χ0) is 25.9. The average Bonchev–Trinajstić information content (AvgIpc) is 3.28. The molecule has 194 valence electrons. The van der Waals surface area contributed by atoms with Crippen LogP contribution >= 0.6 is 11.6 Å². The van der Waals surface area contributed by atoms with Crippen LogP contribution in [0.25, 0.3) is 10.9 Å². The largest absolute Gasteiger partial charge is 0.760 e. The minimum atomic E-state index is -2.37. The van der Waals surface area contributed by atoms with Gasteiger partial charge in [0.05, 0.1) is 11.7 Å². The maximum atomic E-state index is 10.9. The number of rotatable bonds is 8. The quantitative estimate of drug-likeness (QED) is 0.212. The number of H-pyrrole nitrogens is 1. The van der Waals surface area contributed by atoms with Crippen molar-refractivity contribution in [2.45, 2.75) is 32.5 Å². The molecule has 1 fully saturated rings. The van der Waals surface area contributed by atoms with Crippen molar-refractivity contribution in [2.24, 2.45) is 0 Å². The molecule has 0 saturated carbocycles. The van der Waals surface area contributed by atoms with Gasteiger partial charge in [-0.2, -0.15) is 10.1 Å². The van der Waals surface area contributed by atoms with E-state index in [-0.39, 0.29) is 6.54 Å². The van der Waals surface area contributed by atoms with Crippen LogP contribution in [-0.2, 0) is 17.8 Å². The number of aromatic amines is 1. The molecule has 0 spiro atoms. The Kier molecular flexibility index (Phi) is 7.53. The van der Waals surface area contributed by atoms with Gasteiger partial charge in [0.1, 0.15) is 5.02 Å². The Balaban J connectivity index is 1.34. The monoisotopic (exact) mass is 540 g/mol. The van der Waals surface area contributed by atoms with Gasteiger partial charge in [-0.05, 0) is 43.7 Å². The normalized spacial score (nSPS) is 18.6. The number of hydrogen-bond acceptors (Lipinski definition) is 9. The van der Waals surface area contributed by atoms with E-state index in [4.69, 9.17) is 11.6 Å². The number of fused-ring (bicyclic) bond motifs is 1. The van der Waals surface area contributed by atoms with E-state index in [2.05, 4.69) is 59.6 Å². The summed E-state index contributed by atoms with van der Waals surface area (Å²) in [5, 5.41) is 19.1. The molecule has 1 aliphatic heterocycles. The molecule has 5 rings (SSSR count). The standard InChI is InChI=1S/C24H28ClN9O2S/c1-14-12-34(13-15(2)28-14)23-18-8-7-17(9-21(18)32-33-23)29-24-26-11-19(25)22(31-24)30-20-6-4-3-5-16(20)10-27-37(35)36/h3-9,11,14-15,27-28H,10,12-13H2,1-2H3,(H,32,33)(H,35,36)(H2,26,29,30,31)/p-1/t14-,15+. The Morgan fingerprint density at radius 2 is 1.95 bits per heavy atom. The molecular weight excluding hydrogens is 514 g/mol. The van der Waals surface area contributed by atoms with Crippen molar-refractivity contribution in [3.05, 3.63) is 59.2 Å². The molecule has 3 heterocycles. The molecular formula is C24H27ClN9O2S-. The van der Waals surface area contributed by atoms with E-state index < -0.39 is 11.3 Å². The lowest BCUT2D eigenvalue weighted by molar-refractivity contribution is 0.405. The topological polar surface area (TPSA) is 146 Å². The molecule has 37 heavy (non-hydrogen) atoms. The third-order valence-corrected chi connectivity index (χ3v) is 6.71. The van der Waals surface area contributed by atoms with Crippen molar-refractivity contribution in [3.63, 3.8) is 0 Å². The van der Waals surface area contributed by atoms with Gasteiger partial charge in [-0.25, -0.2) is 9.71 Å². The van der Waals surface area contributed by atoms with Crippen molar-refractivity contribution in [2.75, 3.05) is 28.6 Å². The Bertz CT molecular complexity index is 1420. The van der Waals surface area contributed by atoms with Crippen LogP contribution in [0.15, 0.2) is 48.7 Å². The van der Waals surface area contributed by atoms with Gasteiger partial charge in [0.15, 0.2) is 11.6 Å². The summed E-state index contributed by atoms with van der Waals surface area (Å²) in [6, 6.07) is 14.0. The van der Waals surface area contributed by atoms with Crippen LogP contribution in [0.5, 0.6) is 0 Å². The fourth-order valence-corrected chi connectivity index (χ4v) is 4.94. The third kappa shape index (κ3) is 6.00. The van der Waals surface area contributed by atoms with Crippen molar-refractivity contribution >= 4 is 62.7 Å². The summed E-state index contributed by atoms with van der Waals surface area (Å²) in [5.74, 6) is 1.69. The second kappa shape index (κ2) is 11.0. The van der Waals surface area contributed by atoms with E-state index in [0.29, 0.717) is 34.6 Å². The predicted octanol–water partition coefficient (Wildman–Crippen LogP) is 3.56. The number of nitrogens with one attached hydrogen (secondary N) is 5. The minimum absolute atomic E-state index is 0.130. The highest BCUT2D eigenvalue weighted by molar-refractivity contribution is 7.77. The number of para-hydroxylation sites is 1. The van der Waals surface area contributed by atoms with Crippen molar-refractivity contribution < 1.29 is 8.76 Å². The number of halogens is 1. The molecule has 5 N–H and O–H groups in total. The van der Waals surface area contributed by atoms with Crippen molar-refractivity contribution in [1.29, 1.82) is 0 Å². The van der Waals surface area contributed by atoms with E-state index in [1.165, 1.54) is 6.20 Å². The van der Waals surface area contributed by atoms with E-state index in [1.807, 2.05) is 42.5 Å². The molecule has 2 aromatic heterocycles. The van der Waals surface area contributed by atoms with E-state index in [1.54, 1.807) is 0 Å². The fourth-order valence-electron chi connectivity index (χ4n) is 4.53. The summed E-state index contributed by atoms with van der Waals surface area (Å²) in [6.45, 7) is 6.28. The average molecular weight is 541 g/mol. The molecule has 0 aliphatic carbocycles. The van der Waals surface area contributed by atoms with Crippen LogP contribution in [0.3, 0.4) is 0 Å². The Morgan fingerprint density at radius 1 is 1.16 bits per heavy atom. The number of nitrogens with zero attached hydrogens (tertiary/aromatic N) is 4. The lowest BCUT2D eigenvalue weighted by Crippen LogP contribution is -2.54. The van der Waals surface area contributed by atoms with Crippen LogP contribution in [0.4, 0.5) is 29.0 Å². The van der Waals surface area contributed by atoms with Crippen LogP contribution in [0.2, 0.25) is 5.02 Å². The number of anilines is 5. The van der Waals surface area contributed by atoms with Gasteiger partial charge < -0.3 is 25.4 Å². The van der Waals surface area contributed by atoms with Gasteiger partial charge in [-0.1, -0.05) is 29.8 Å². The van der Waals surface area contributed by atoms with Crippen molar-refractivity contribution in [1.82, 2.24) is 30.2 Å². The first kappa shape index (κ1) is 25.4. The van der Waals surface area contributed by atoms with Crippen LogP contribution in [0, 0.1) is 0 Å². The highest BCUT2D eigenvalue weighted by Crippen LogP contribution is 2.30. The van der Waals surface area contributed by atoms with E-state index in [0.717, 1.165) is 41.1 Å². The SMILES string of the molecule is C[C@@H]1CN(c2n[nH]c3cc(Nc4ncc(Cl)c(Nc5ccccc5CNS(=O)[O-])n4)ccc23)C[C@H](C)N1. The number of aromatic nitrogens is 4. The minimum Gasteiger partial charge on any atom is -0.760 e. The predicted molar refractivity (Wildman–Crippen MR) is 146 cm³/mol. The van der Waals surface area contributed by atoms with Crippen LogP contribution < -0.4 is 25.6 Å². The van der Waals surface area contributed by atoms with Crippen LogP contribution in [0.1, 0.15) is 19.4 Å². The van der Waals surface area contributed by atoms with Crippen LogP contribution in [-0.4, -0.2) is 54.1 Å². The molecule has 1 aliphatic rings. The first-order valence-electron chi connectivity index (χ1n) is 11.8. The molecule has 3 atom stereocenters. The fraction of sp³-hybridized carbons (Fsp3) is 0.292. The van der Waals surface area contributed by atoms with Gasteiger partial charge >= 0.3 is 0 Å². The molecule has 11 nitrogen and oxygen atoms in total. The summed E-state index contributed by atoms with van der Waals surface area (Å²) >= 11 is 3.99. The van der Waals surface area contributed by atoms with E-state index in [9.17, 15) is 8.76 Å². The van der Waals surface area contributed by atoms with Gasteiger partial charge in [0.2, 0.25) is 5.95 Å². The highest BCUT2D eigenvalue weighted by Gasteiger charge is 2.24. The molecule has 4 aromatic rings. The first-order chi connectivity index (χ1) is 17.9. The molecule has 13 heteroatoms. The zero-order valence-corrected chi connectivity index (χ0v) is 21.9. The molecule has 0 bridgehead atoms. The summed E-state index contributed by atoms with van der Waals surface area (Å²) in [5.41, 5.74) is 3.11. The second-order valence-electron chi connectivity index (χ2n) is 9.03. The summed E-state index contributed by atoms with van der Waals surface area (Å²) in [4.78, 5) is 11.1. The number of hydrogen-bond donors (Lipinski definition) is 5. The van der Waals surface area contributed by atoms with E-state index >= 15 is 0 Å². The second-order valence-corrected chi connectivity index (χ2v) is 10.2. The lowest BCUT2D eigenvalue weighted by Gasteiger charge is -2.36. The molecule has 2 aromatic carbocycles. The molecule has 1 saturated heterocycles. The number of piperazine rings is 1. The summed E-state index contributed by atoms with van der Waals surface area (Å²) < 4.78 is 24.2. The Labute approximate surface area is 221 Å². The first-order valence-corrected chi connectivity index (χ1v) is 13.3. The highest BCUT2D eigenvalue weighted by atomic mass is 35.5. The maximum Gasteiger partial charge on any atom is 0.229 e. The molecule has 0 amide bonds. The van der Waals surface area contributed by atoms with Crippen molar-refractivity contribution in [3.8, 4) is 0 Å². The maximum absolute atomic E-state index is 10.9. The van der Waals surface area contributed by atoms with Gasteiger partial charge in [-0.3, -0.25) is 9.31 Å². The Morgan fingerprint density at radius 3 is 2.73 bits per heavy atom. The summed E-state index contributed by atoms with van der Waals surface area (Å²) in [6.07, 6.45) is 1.51. The zero-order valence-electron chi connectivity index (χ0n) is 20.3. The third-order valence-electron chi connectivity index (χ3n) is 6.05. The van der Waals surface area contributed by atoms with Gasteiger partial charge in [0.25, 0.3) is 0 Å². The summed E-state index contributed by atoms with van der Waals surface area (Å²) in [7, 11) is 0. The lowest BCUT2D eigenvalue weighted by atomic mass is 10.1. The number of benzene rings is 2. The smallest absolute Gasteiger partial charge is 0.229 e. The van der Waals surface area contributed by atoms with Gasteiger partial charge in [0, 0.05) is 59.7 Å². The van der Waals surface area contributed by atoms with Gasteiger partial charge in [-0.15, -0.1) is 0 Å². The molecule has 0 radical (unpaired) electrons. The molecule has 1 unspecified atom stereocenters.